The fourth-order valence-electron chi connectivity index (χ4n) is 4.00. The number of esters is 1. The number of aromatic amines is 1. The number of nitrogens with zero attached hydrogens (tertiary/aromatic N) is 2. The second kappa shape index (κ2) is 9.52. The molecule has 4 rings (SSSR count). The van der Waals surface area contributed by atoms with Gasteiger partial charge in [0.25, 0.3) is 5.56 Å². The van der Waals surface area contributed by atoms with Gasteiger partial charge >= 0.3 is 11.7 Å². The van der Waals surface area contributed by atoms with Crippen LogP contribution in [0.5, 0.6) is 0 Å². The first-order chi connectivity index (χ1) is 16.3. The van der Waals surface area contributed by atoms with Crippen LogP contribution in [-0.2, 0) is 16.1 Å². The number of ketones is 1. The number of aromatic nitrogens is 3. The number of rotatable bonds is 7. The van der Waals surface area contributed by atoms with Crippen molar-refractivity contribution < 1.29 is 14.3 Å². The molecule has 174 valence electrons. The summed E-state index contributed by atoms with van der Waals surface area (Å²) in [6, 6.07) is 15.7. The minimum absolute atomic E-state index is 0.00816. The van der Waals surface area contributed by atoms with E-state index in [2.05, 4.69) is 4.98 Å². The second-order valence-corrected chi connectivity index (χ2v) is 8.29. The van der Waals surface area contributed by atoms with Crippen LogP contribution in [-0.4, -0.2) is 32.5 Å². The Morgan fingerprint density at radius 1 is 1.03 bits per heavy atom. The molecular formula is C25H22ClN3O5. The summed E-state index contributed by atoms with van der Waals surface area (Å²) in [4.78, 5) is 51.5. The fraction of sp³-hybridized carbons (Fsp3) is 0.200. The molecule has 0 aliphatic heterocycles. The lowest BCUT2D eigenvalue weighted by atomic mass is 10.1. The zero-order valence-electron chi connectivity index (χ0n) is 18.6. The maximum atomic E-state index is 12.8. The van der Waals surface area contributed by atoms with Crippen LogP contribution in [0.2, 0.25) is 5.02 Å². The first kappa shape index (κ1) is 23.3. The third kappa shape index (κ3) is 4.58. The standard InChI is InChI=1S/C25H22ClN3O5/c1-15-13-20(16(2)29(15)18-9-7-17(26)8-10-18)22(30)14-34-23(31)11-12-28-21-6-4-3-5-19(21)24(32)27-25(28)33/h3-10,13H,11-12,14H2,1-2H3,(H,27,32,33). The summed E-state index contributed by atoms with van der Waals surface area (Å²) in [7, 11) is 0. The van der Waals surface area contributed by atoms with Gasteiger partial charge in [0.1, 0.15) is 0 Å². The molecule has 4 aromatic rings. The smallest absolute Gasteiger partial charge is 0.328 e. The van der Waals surface area contributed by atoms with E-state index in [1.54, 1.807) is 42.5 Å². The molecule has 8 nitrogen and oxygen atoms in total. The van der Waals surface area contributed by atoms with E-state index in [0.717, 1.165) is 17.1 Å². The Hall–Kier alpha value is -3.91. The molecule has 0 atom stereocenters. The lowest BCUT2D eigenvalue weighted by molar-refractivity contribution is -0.142. The van der Waals surface area contributed by atoms with E-state index in [1.807, 2.05) is 30.5 Å². The van der Waals surface area contributed by atoms with Crippen molar-refractivity contribution in [2.75, 3.05) is 6.61 Å². The van der Waals surface area contributed by atoms with Crippen molar-refractivity contribution in [3.05, 3.63) is 97.4 Å². The third-order valence-corrected chi connectivity index (χ3v) is 5.88. The topological polar surface area (TPSA) is 103 Å². The Morgan fingerprint density at radius 3 is 2.47 bits per heavy atom. The molecule has 0 fully saturated rings. The van der Waals surface area contributed by atoms with Gasteiger partial charge in [-0.15, -0.1) is 0 Å². The van der Waals surface area contributed by atoms with Crippen molar-refractivity contribution in [3.8, 4) is 5.69 Å². The number of carbonyl (C=O) groups excluding carboxylic acids is 2. The number of ether oxygens (including phenoxy) is 1. The Kier molecular flexibility index (Phi) is 6.51. The highest BCUT2D eigenvalue weighted by atomic mass is 35.5. The maximum absolute atomic E-state index is 12.8. The van der Waals surface area contributed by atoms with E-state index < -0.39 is 23.8 Å². The number of para-hydroxylation sites is 1. The summed E-state index contributed by atoms with van der Waals surface area (Å²) in [6.45, 7) is 3.31. The van der Waals surface area contributed by atoms with Crippen LogP contribution in [0.4, 0.5) is 0 Å². The average molecular weight is 480 g/mol. The van der Waals surface area contributed by atoms with Crippen LogP contribution >= 0.6 is 11.6 Å². The van der Waals surface area contributed by atoms with E-state index in [1.165, 1.54) is 4.57 Å². The number of nitrogens with one attached hydrogen (secondary N) is 1. The highest BCUT2D eigenvalue weighted by molar-refractivity contribution is 6.30. The zero-order chi connectivity index (χ0) is 24.4. The molecule has 0 saturated heterocycles. The number of H-pyrrole nitrogens is 1. The van der Waals surface area contributed by atoms with Gasteiger partial charge < -0.3 is 9.30 Å². The van der Waals surface area contributed by atoms with Crippen LogP contribution in [0.1, 0.15) is 28.2 Å². The Morgan fingerprint density at radius 2 is 1.74 bits per heavy atom. The fourth-order valence-corrected chi connectivity index (χ4v) is 4.12. The molecule has 2 aromatic carbocycles. The minimum Gasteiger partial charge on any atom is -0.457 e. The van der Waals surface area contributed by atoms with Crippen LogP contribution in [0, 0.1) is 13.8 Å². The number of benzene rings is 2. The molecule has 0 radical (unpaired) electrons. The third-order valence-electron chi connectivity index (χ3n) is 5.63. The molecular weight excluding hydrogens is 458 g/mol. The molecule has 0 bridgehead atoms. The molecule has 0 amide bonds. The van der Waals surface area contributed by atoms with Gasteiger partial charge in [0.15, 0.2) is 6.61 Å². The Labute approximate surface area is 199 Å². The molecule has 2 aromatic heterocycles. The number of halogens is 1. The minimum atomic E-state index is -0.623. The number of Topliss-reactive ketones (excluding diaryl/α,β-unsaturated/α-hetero) is 1. The number of hydrogen-bond donors (Lipinski definition) is 1. The monoisotopic (exact) mass is 479 g/mol. The van der Waals surface area contributed by atoms with Gasteiger partial charge in [-0.2, -0.15) is 0 Å². The van der Waals surface area contributed by atoms with E-state index >= 15 is 0 Å². The van der Waals surface area contributed by atoms with Crippen molar-refractivity contribution in [2.45, 2.75) is 26.8 Å². The quantitative estimate of drug-likeness (QED) is 0.322. The number of hydrogen-bond acceptors (Lipinski definition) is 5. The van der Waals surface area contributed by atoms with Crippen molar-refractivity contribution >= 4 is 34.3 Å². The van der Waals surface area contributed by atoms with E-state index in [9.17, 15) is 19.2 Å². The van der Waals surface area contributed by atoms with Crippen molar-refractivity contribution in [2.24, 2.45) is 0 Å². The second-order valence-electron chi connectivity index (χ2n) is 7.86. The first-order valence-electron chi connectivity index (χ1n) is 10.6. The normalized spacial score (nSPS) is 11.0. The Bertz CT molecular complexity index is 1510. The summed E-state index contributed by atoms with van der Waals surface area (Å²) in [5.41, 5.74) is 2.25. The molecule has 0 unspecified atom stereocenters. The van der Waals surface area contributed by atoms with Gasteiger partial charge in [-0.05, 0) is 56.3 Å². The van der Waals surface area contributed by atoms with Gasteiger partial charge in [0, 0.05) is 34.2 Å². The summed E-state index contributed by atoms with van der Waals surface area (Å²) in [6.07, 6.45) is -0.132. The highest BCUT2D eigenvalue weighted by Crippen LogP contribution is 2.22. The van der Waals surface area contributed by atoms with Crippen LogP contribution in [0.15, 0.2) is 64.2 Å². The van der Waals surface area contributed by atoms with E-state index in [4.69, 9.17) is 16.3 Å². The van der Waals surface area contributed by atoms with E-state index in [-0.39, 0.29) is 18.7 Å². The van der Waals surface area contributed by atoms with Gasteiger partial charge in [-0.1, -0.05) is 23.7 Å². The first-order valence-corrected chi connectivity index (χ1v) is 11.0. The van der Waals surface area contributed by atoms with Gasteiger partial charge in [0.2, 0.25) is 5.78 Å². The lowest BCUT2D eigenvalue weighted by Gasteiger charge is -2.10. The largest absolute Gasteiger partial charge is 0.457 e. The predicted molar refractivity (Wildman–Crippen MR) is 129 cm³/mol. The van der Waals surface area contributed by atoms with Gasteiger partial charge in [0.05, 0.1) is 17.3 Å². The SMILES string of the molecule is Cc1cc(C(=O)COC(=O)CCn2c(=O)[nH]c(=O)c3ccccc32)c(C)n1-c1ccc(Cl)cc1. The molecule has 2 heterocycles. The average Bonchev–Trinajstić information content (AvgIpc) is 3.12. The number of aryl methyl sites for hydroxylation is 2. The van der Waals surface area contributed by atoms with Crippen LogP contribution in [0.3, 0.4) is 0 Å². The number of fused-ring (bicyclic) bond motifs is 1. The molecule has 9 heteroatoms. The van der Waals surface area contributed by atoms with Crippen molar-refractivity contribution in [1.29, 1.82) is 0 Å². The summed E-state index contributed by atoms with van der Waals surface area (Å²) in [5.74, 6) is -0.949. The summed E-state index contributed by atoms with van der Waals surface area (Å²) >= 11 is 5.97. The van der Waals surface area contributed by atoms with Crippen LogP contribution in [0.25, 0.3) is 16.6 Å². The predicted octanol–water partition coefficient (Wildman–Crippen LogP) is 3.57. The Balaban J connectivity index is 1.43. The van der Waals surface area contributed by atoms with Crippen molar-refractivity contribution in [1.82, 2.24) is 14.1 Å². The molecule has 0 aliphatic carbocycles. The molecule has 34 heavy (non-hydrogen) atoms. The molecule has 0 saturated carbocycles. The molecule has 0 aliphatic rings. The molecule has 1 N–H and O–H groups in total. The van der Waals surface area contributed by atoms with Gasteiger partial charge in [-0.25, -0.2) is 4.79 Å². The van der Waals surface area contributed by atoms with Crippen LogP contribution < -0.4 is 11.2 Å². The summed E-state index contributed by atoms with van der Waals surface area (Å²) in [5, 5.41) is 0.966. The number of carbonyl (C=O) groups is 2. The van der Waals surface area contributed by atoms with E-state index in [0.29, 0.717) is 21.5 Å². The molecule has 0 spiro atoms. The van der Waals surface area contributed by atoms with Crippen molar-refractivity contribution in [3.63, 3.8) is 0 Å². The zero-order valence-corrected chi connectivity index (χ0v) is 19.4. The maximum Gasteiger partial charge on any atom is 0.328 e. The lowest BCUT2D eigenvalue weighted by Crippen LogP contribution is -2.31. The highest BCUT2D eigenvalue weighted by Gasteiger charge is 2.18. The van der Waals surface area contributed by atoms with Gasteiger partial charge in [-0.3, -0.25) is 23.9 Å². The summed E-state index contributed by atoms with van der Waals surface area (Å²) < 4.78 is 8.41.